The van der Waals surface area contributed by atoms with Crippen molar-refractivity contribution in [3.63, 3.8) is 0 Å². The molecule has 0 aromatic heterocycles. The first-order chi connectivity index (χ1) is 12.0. The molecule has 5 nitrogen and oxygen atoms in total. The van der Waals surface area contributed by atoms with E-state index in [0.29, 0.717) is 32.2 Å². The summed E-state index contributed by atoms with van der Waals surface area (Å²) in [5.41, 5.74) is 0.986. The van der Waals surface area contributed by atoms with E-state index in [9.17, 15) is 9.90 Å². The van der Waals surface area contributed by atoms with Crippen LogP contribution >= 0.6 is 0 Å². The van der Waals surface area contributed by atoms with Crippen molar-refractivity contribution >= 4 is 6.03 Å². The molecule has 2 N–H and O–H groups in total. The monoisotopic (exact) mass is 348 g/mol. The number of hydrogen-bond acceptors (Lipinski definition) is 3. The summed E-state index contributed by atoms with van der Waals surface area (Å²) < 4.78 is 5.84. The fraction of sp³-hybridized carbons (Fsp3) is 0.650. The number of ether oxygens (including phenoxy) is 1. The summed E-state index contributed by atoms with van der Waals surface area (Å²) in [6, 6.07) is 7.80. The Labute approximate surface area is 151 Å². The second-order valence-corrected chi connectivity index (χ2v) is 7.47. The first-order valence-electron chi connectivity index (χ1n) is 9.34. The van der Waals surface area contributed by atoms with E-state index in [1.807, 2.05) is 29.2 Å². The molecule has 0 spiro atoms. The van der Waals surface area contributed by atoms with Gasteiger partial charge in [0.2, 0.25) is 0 Å². The molecule has 1 aromatic carbocycles. The van der Waals surface area contributed by atoms with Crippen LogP contribution in [0.5, 0.6) is 5.75 Å². The Hall–Kier alpha value is -1.75. The van der Waals surface area contributed by atoms with Gasteiger partial charge in [-0.2, -0.15) is 0 Å². The van der Waals surface area contributed by atoms with E-state index in [1.54, 1.807) is 0 Å². The summed E-state index contributed by atoms with van der Waals surface area (Å²) in [6.45, 7) is 9.07. The van der Waals surface area contributed by atoms with Gasteiger partial charge in [-0.1, -0.05) is 39.0 Å². The van der Waals surface area contributed by atoms with Crippen LogP contribution in [0.15, 0.2) is 24.3 Å². The van der Waals surface area contributed by atoms with E-state index < -0.39 is 0 Å². The standard InChI is InChI=1S/C20H32N2O3/c1-4-20(15-23)9-11-22(12-10-20)19(24)21-13-17-7-5-6-8-18(17)25-14-16(2)3/h5-8,16,23H,4,9-15H2,1-3H3,(H,21,24). The maximum absolute atomic E-state index is 12.4. The quantitative estimate of drug-likeness (QED) is 0.794. The molecule has 1 fully saturated rings. The number of piperidine rings is 1. The van der Waals surface area contributed by atoms with Crippen LogP contribution in [0.4, 0.5) is 4.79 Å². The second kappa shape index (κ2) is 9.09. The molecule has 0 radical (unpaired) electrons. The number of rotatable bonds is 7. The van der Waals surface area contributed by atoms with Gasteiger partial charge in [0.25, 0.3) is 0 Å². The normalized spacial score (nSPS) is 16.8. The summed E-state index contributed by atoms with van der Waals surface area (Å²) in [5.74, 6) is 1.29. The summed E-state index contributed by atoms with van der Waals surface area (Å²) in [4.78, 5) is 14.3. The molecule has 1 heterocycles. The molecule has 25 heavy (non-hydrogen) atoms. The maximum Gasteiger partial charge on any atom is 0.317 e. The van der Waals surface area contributed by atoms with Crippen molar-refractivity contribution in [3.05, 3.63) is 29.8 Å². The van der Waals surface area contributed by atoms with Crippen LogP contribution in [0.25, 0.3) is 0 Å². The van der Waals surface area contributed by atoms with Gasteiger partial charge in [0.15, 0.2) is 0 Å². The van der Waals surface area contributed by atoms with Crippen molar-refractivity contribution in [2.75, 3.05) is 26.3 Å². The molecule has 140 valence electrons. The summed E-state index contributed by atoms with van der Waals surface area (Å²) >= 11 is 0. The maximum atomic E-state index is 12.4. The largest absolute Gasteiger partial charge is 0.493 e. The number of likely N-dealkylation sites (tertiary alicyclic amines) is 1. The fourth-order valence-corrected chi connectivity index (χ4v) is 3.14. The lowest BCUT2D eigenvalue weighted by Crippen LogP contribution is -2.48. The molecule has 5 heteroatoms. The average molecular weight is 348 g/mol. The number of nitrogens with one attached hydrogen (secondary N) is 1. The molecule has 0 atom stereocenters. The molecule has 1 aromatic rings. The van der Waals surface area contributed by atoms with Crippen LogP contribution in [-0.4, -0.2) is 42.3 Å². The molecule has 1 saturated heterocycles. The number of benzene rings is 1. The predicted octanol–water partition coefficient (Wildman–Crippen LogP) is 3.42. The van der Waals surface area contributed by atoms with Gasteiger partial charge in [-0.3, -0.25) is 0 Å². The highest BCUT2D eigenvalue weighted by Gasteiger charge is 2.33. The predicted molar refractivity (Wildman–Crippen MR) is 99.6 cm³/mol. The van der Waals surface area contributed by atoms with Crippen molar-refractivity contribution in [2.24, 2.45) is 11.3 Å². The number of carbonyl (C=O) groups is 1. The zero-order valence-corrected chi connectivity index (χ0v) is 15.8. The topological polar surface area (TPSA) is 61.8 Å². The van der Waals surface area contributed by atoms with E-state index in [-0.39, 0.29) is 18.1 Å². The van der Waals surface area contributed by atoms with Gasteiger partial charge in [-0.15, -0.1) is 0 Å². The van der Waals surface area contributed by atoms with Crippen molar-refractivity contribution in [1.29, 1.82) is 0 Å². The number of aliphatic hydroxyl groups excluding tert-OH is 1. The lowest BCUT2D eigenvalue weighted by Gasteiger charge is -2.40. The highest BCUT2D eigenvalue weighted by molar-refractivity contribution is 5.74. The Morgan fingerprint density at radius 3 is 2.60 bits per heavy atom. The molecule has 0 saturated carbocycles. The second-order valence-electron chi connectivity index (χ2n) is 7.47. The first kappa shape index (κ1) is 19.6. The number of carbonyl (C=O) groups excluding carboxylic acids is 1. The molecule has 0 unspecified atom stereocenters. The van der Waals surface area contributed by atoms with Crippen LogP contribution in [0.1, 0.15) is 45.6 Å². The molecule has 2 amide bonds. The SMILES string of the molecule is CCC1(CO)CCN(C(=O)NCc2ccccc2OCC(C)C)CC1. The number of urea groups is 1. The van der Waals surface area contributed by atoms with Gasteiger partial charge >= 0.3 is 6.03 Å². The fourth-order valence-electron chi connectivity index (χ4n) is 3.14. The van der Waals surface area contributed by atoms with Crippen LogP contribution in [0.3, 0.4) is 0 Å². The Bertz CT molecular complexity index is 546. The molecule has 2 rings (SSSR count). The lowest BCUT2D eigenvalue weighted by atomic mass is 9.77. The Kier molecular flexibility index (Phi) is 7.12. The third-order valence-electron chi connectivity index (χ3n) is 5.17. The molecular weight excluding hydrogens is 316 g/mol. The van der Waals surface area contributed by atoms with E-state index >= 15 is 0 Å². The minimum absolute atomic E-state index is 0.00589. The number of aliphatic hydroxyl groups is 1. The number of para-hydroxylation sites is 1. The van der Waals surface area contributed by atoms with Crippen LogP contribution in [-0.2, 0) is 6.54 Å². The highest BCUT2D eigenvalue weighted by Crippen LogP contribution is 2.34. The van der Waals surface area contributed by atoms with Crippen molar-refractivity contribution in [1.82, 2.24) is 10.2 Å². The van der Waals surface area contributed by atoms with Crippen LogP contribution in [0, 0.1) is 11.3 Å². The smallest absolute Gasteiger partial charge is 0.317 e. The Balaban J connectivity index is 1.87. The molecule has 1 aliphatic heterocycles. The van der Waals surface area contributed by atoms with Gasteiger partial charge < -0.3 is 20.1 Å². The third-order valence-corrected chi connectivity index (χ3v) is 5.17. The zero-order chi connectivity index (χ0) is 18.3. The van der Waals surface area contributed by atoms with Crippen molar-refractivity contribution in [2.45, 2.75) is 46.6 Å². The van der Waals surface area contributed by atoms with Crippen molar-refractivity contribution in [3.8, 4) is 5.75 Å². The Morgan fingerprint density at radius 1 is 1.32 bits per heavy atom. The summed E-state index contributed by atoms with van der Waals surface area (Å²) in [5, 5.41) is 12.6. The van der Waals surface area contributed by atoms with Gasteiger partial charge in [0, 0.05) is 31.8 Å². The van der Waals surface area contributed by atoms with Gasteiger partial charge in [-0.05, 0) is 36.7 Å². The minimum atomic E-state index is -0.0405. The van der Waals surface area contributed by atoms with Crippen LogP contribution in [0.2, 0.25) is 0 Å². The van der Waals surface area contributed by atoms with E-state index in [4.69, 9.17) is 4.74 Å². The van der Waals surface area contributed by atoms with E-state index in [1.165, 1.54) is 0 Å². The van der Waals surface area contributed by atoms with Gasteiger partial charge in [0.1, 0.15) is 5.75 Å². The highest BCUT2D eigenvalue weighted by atomic mass is 16.5. The number of hydrogen-bond donors (Lipinski definition) is 2. The summed E-state index contributed by atoms with van der Waals surface area (Å²) in [7, 11) is 0. The zero-order valence-electron chi connectivity index (χ0n) is 15.8. The minimum Gasteiger partial charge on any atom is -0.493 e. The molecular formula is C20H32N2O3. The third kappa shape index (κ3) is 5.36. The first-order valence-corrected chi connectivity index (χ1v) is 9.34. The van der Waals surface area contributed by atoms with Crippen molar-refractivity contribution < 1.29 is 14.6 Å². The molecule has 0 bridgehead atoms. The van der Waals surface area contributed by atoms with Gasteiger partial charge in [0.05, 0.1) is 6.61 Å². The van der Waals surface area contributed by atoms with E-state index in [2.05, 4.69) is 26.1 Å². The lowest BCUT2D eigenvalue weighted by molar-refractivity contribution is 0.0519. The average Bonchev–Trinajstić information content (AvgIpc) is 2.65. The Morgan fingerprint density at radius 2 is 2.00 bits per heavy atom. The molecule has 1 aliphatic rings. The van der Waals surface area contributed by atoms with Gasteiger partial charge in [-0.25, -0.2) is 4.79 Å². The molecule has 0 aliphatic carbocycles. The van der Waals surface area contributed by atoms with Crippen LogP contribution < -0.4 is 10.1 Å². The number of amides is 2. The summed E-state index contributed by atoms with van der Waals surface area (Å²) in [6.07, 6.45) is 2.68. The number of nitrogens with zero attached hydrogens (tertiary/aromatic N) is 1. The van der Waals surface area contributed by atoms with E-state index in [0.717, 1.165) is 30.6 Å².